The third-order valence-corrected chi connectivity index (χ3v) is 3.02. The van der Waals surface area contributed by atoms with Crippen LogP contribution >= 0.6 is 0 Å². The Bertz CT molecular complexity index is 212. The Balaban J connectivity index is 3.96. The van der Waals surface area contributed by atoms with Crippen molar-refractivity contribution >= 4 is 5.84 Å². The third-order valence-electron chi connectivity index (χ3n) is 3.02. The van der Waals surface area contributed by atoms with Crippen LogP contribution in [0.5, 0.6) is 0 Å². The van der Waals surface area contributed by atoms with Crippen molar-refractivity contribution in [2.75, 3.05) is 6.54 Å². The lowest BCUT2D eigenvalue weighted by Crippen LogP contribution is -2.38. The number of nitrogens with two attached hydrogens (primary N) is 1. The lowest BCUT2D eigenvalue weighted by Gasteiger charge is -2.25. The minimum atomic E-state index is -0.252. The molecule has 0 bridgehead atoms. The Kier molecular flexibility index (Phi) is 5.65. The van der Waals surface area contributed by atoms with Gasteiger partial charge < -0.3 is 16.3 Å². The molecule has 0 aliphatic heterocycles. The van der Waals surface area contributed by atoms with E-state index in [1.165, 1.54) is 0 Å². The second-order valence-electron chi connectivity index (χ2n) is 5.11. The Morgan fingerprint density at radius 3 is 2.33 bits per heavy atom. The van der Waals surface area contributed by atoms with Crippen LogP contribution in [0.15, 0.2) is 5.16 Å². The summed E-state index contributed by atoms with van der Waals surface area (Å²) in [4.78, 5) is 0. The van der Waals surface area contributed by atoms with Crippen LogP contribution in [0.2, 0.25) is 0 Å². The maximum Gasteiger partial charge on any atom is 0.144 e. The van der Waals surface area contributed by atoms with Crippen molar-refractivity contribution in [2.45, 2.75) is 47.1 Å². The van der Waals surface area contributed by atoms with Crippen molar-refractivity contribution < 1.29 is 5.21 Å². The molecule has 0 aromatic heterocycles. The number of amidine groups is 1. The molecule has 4 N–H and O–H groups in total. The molecular formula is C11H25N3O. The van der Waals surface area contributed by atoms with Gasteiger partial charge in [0.05, 0.1) is 0 Å². The van der Waals surface area contributed by atoms with Gasteiger partial charge >= 0.3 is 0 Å². The van der Waals surface area contributed by atoms with E-state index in [0.29, 0.717) is 17.8 Å². The molecule has 0 amide bonds. The van der Waals surface area contributed by atoms with Gasteiger partial charge in [0, 0.05) is 11.5 Å². The first-order valence-electron chi connectivity index (χ1n) is 5.52. The minimum absolute atomic E-state index is 0.252. The summed E-state index contributed by atoms with van der Waals surface area (Å²) in [5.74, 6) is 0.915. The number of nitrogens with zero attached hydrogens (tertiary/aromatic N) is 1. The summed E-state index contributed by atoms with van der Waals surface area (Å²) in [6.45, 7) is 11.4. The van der Waals surface area contributed by atoms with E-state index in [4.69, 9.17) is 10.9 Å². The minimum Gasteiger partial charge on any atom is -0.409 e. The second-order valence-corrected chi connectivity index (χ2v) is 5.11. The Morgan fingerprint density at radius 1 is 1.40 bits per heavy atom. The topological polar surface area (TPSA) is 70.6 Å². The maximum absolute atomic E-state index is 8.61. The average Bonchev–Trinajstić information content (AvgIpc) is 2.15. The molecular weight excluding hydrogens is 190 g/mol. The van der Waals surface area contributed by atoms with Crippen LogP contribution in [0, 0.1) is 11.3 Å². The smallest absolute Gasteiger partial charge is 0.144 e. The normalized spacial score (nSPS) is 15.7. The lowest BCUT2D eigenvalue weighted by atomic mass is 9.88. The van der Waals surface area contributed by atoms with Gasteiger partial charge in [-0.1, -0.05) is 32.9 Å². The molecule has 0 aromatic carbocycles. The van der Waals surface area contributed by atoms with E-state index >= 15 is 0 Å². The predicted octanol–water partition coefficient (Wildman–Crippen LogP) is 1.78. The quantitative estimate of drug-likeness (QED) is 0.274. The molecule has 0 aliphatic carbocycles. The molecule has 4 nitrogen and oxygen atoms in total. The van der Waals surface area contributed by atoms with Crippen LogP contribution in [0.3, 0.4) is 0 Å². The summed E-state index contributed by atoms with van der Waals surface area (Å²) >= 11 is 0. The fourth-order valence-electron chi connectivity index (χ4n) is 1.11. The van der Waals surface area contributed by atoms with Crippen molar-refractivity contribution in [1.82, 2.24) is 5.32 Å². The Morgan fingerprint density at radius 2 is 1.93 bits per heavy atom. The summed E-state index contributed by atoms with van der Waals surface area (Å²) in [6.07, 6.45) is 0.861. The van der Waals surface area contributed by atoms with Crippen LogP contribution in [0.25, 0.3) is 0 Å². The fraction of sp³-hybridized carbons (Fsp3) is 0.909. The Hall–Kier alpha value is -0.770. The van der Waals surface area contributed by atoms with Crippen LogP contribution < -0.4 is 11.1 Å². The molecule has 0 fully saturated rings. The molecule has 0 saturated heterocycles. The zero-order valence-corrected chi connectivity index (χ0v) is 10.5. The average molecular weight is 215 g/mol. The van der Waals surface area contributed by atoms with Crippen LogP contribution in [-0.2, 0) is 0 Å². The van der Waals surface area contributed by atoms with Crippen molar-refractivity contribution in [3.8, 4) is 0 Å². The number of hydrogen-bond acceptors (Lipinski definition) is 3. The molecule has 0 aromatic rings. The van der Waals surface area contributed by atoms with Gasteiger partial charge in [0.15, 0.2) is 0 Å². The largest absolute Gasteiger partial charge is 0.409 e. The van der Waals surface area contributed by atoms with Gasteiger partial charge in [0.2, 0.25) is 0 Å². The molecule has 90 valence electrons. The van der Waals surface area contributed by atoms with Crippen LogP contribution in [0.1, 0.15) is 41.0 Å². The summed E-state index contributed by atoms with van der Waals surface area (Å²) in [7, 11) is 0. The van der Waals surface area contributed by atoms with Crippen molar-refractivity contribution in [2.24, 2.45) is 22.2 Å². The maximum atomic E-state index is 8.61. The van der Waals surface area contributed by atoms with E-state index in [-0.39, 0.29) is 5.41 Å². The number of hydrogen-bond donors (Lipinski definition) is 3. The summed E-state index contributed by atoms with van der Waals surface area (Å²) < 4.78 is 0. The first-order valence-corrected chi connectivity index (χ1v) is 5.52. The summed E-state index contributed by atoms with van der Waals surface area (Å²) in [5.41, 5.74) is 5.35. The first-order chi connectivity index (χ1) is 6.81. The van der Waals surface area contributed by atoms with E-state index in [1.807, 2.05) is 13.8 Å². The number of rotatable bonds is 6. The zero-order chi connectivity index (χ0) is 12.1. The standard InChI is InChI=1S/C11H25N3O/c1-8(2)9(3)13-7-6-11(4,5)10(12)14-15/h8-9,13,15H,6-7H2,1-5H3,(H2,12,14). The van der Waals surface area contributed by atoms with Gasteiger partial charge in [0.25, 0.3) is 0 Å². The SMILES string of the molecule is CC(C)C(C)NCCC(C)(C)C(N)=NO. The molecule has 0 aliphatic rings. The molecule has 0 spiro atoms. The van der Waals surface area contributed by atoms with Gasteiger partial charge in [-0.3, -0.25) is 0 Å². The molecule has 4 heteroatoms. The van der Waals surface area contributed by atoms with E-state index in [2.05, 4.69) is 31.2 Å². The molecule has 1 unspecified atom stereocenters. The highest BCUT2D eigenvalue weighted by Crippen LogP contribution is 2.19. The molecule has 1 atom stereocenters. The number of oxime groups is 1. The van der Waals surface area contributed by atoms with E-state index in [0.717, 1.165) is 13.0 Å². The van der Waals surface area contributed by atoms with Gasteiger partial charge in [-0.15, -0.1) is 0 Å². The van der Waals surface area contributed by atoms with Gasteiger partial charge in [-0.05, 0) is 25.8 Å². The lowest BCUT2D eigenvalue weighted by molar-refractivity contribution is 0.303. The summed E-state index contributed by atoms with van der Waals surface area (Å²) in [5, 5.41) is 15.1. The van der Waals surface area contributed by atoms with Crippen molar-refractivity contribution in [3.05, 3.63) is 0 Å². The van der Waals surface area contributed by atoms with E-state index in [1.54, 1.807) is 0 Å². The van der Waals surface area contributed by atoms with Crippen LogP contribution in [0.4, 0.5) is 0 Å². The molecule has 0 saturated carbocycles. The van der Waals surface area contributed by atoms with Crippen LogP contribution in [-0.4, -0.2) is 23.6 Å². The third kappa shape index (κ3) is 5.02. The highest BCUT2D eigenvalue weighted by molar-refractivity contribution is 5.85. The predicted molar refractivity (Wildman–Crippen MR) is 64.1 cm³/mol. The van der Waals surface area contributed by atoms with Crippen molar-refractivity contribution in [3.63, 3.8) is 0 Å². The molecule has 15 heavy (non-hydrogen) atoms. The van der Waals surface area contributed by atoms with E-state index in [9.17, 15) is 0 Å². The van der Waals surface area contributed by atoms with Gasteiger partial charge in [-0.25, -0.2) is 0 Å². The first kappa shape index (κ1) is 14.2. The number of nitrogens with one attached hydrogen (secondary N) is 1. The zero-order valence-electron chi connectivity index (χ0n) is 10.5. The fourth-order valence-corrected chi connectivity index (χ4v) is 1.11. The second kappa shape index (κ2) is 5.95. The monoisotopic (exact) mass is 215 g/mol. The highest BCUT2D eigenvalue weighted by atomic mass is 16.4. The van der Waals surface area contributed by atoms with Crippen molar-refractivity contribution in [1.29, 1.82) is 0 Å². The Labute approximate surface area is 92.9 Å². The molecule has 0 heterocycles. The van der Waals surface area contributed by atoms with E-state index < -0.39 is 0 Å². The summed E-state index contributed by atoms with van der Waals surface area (Å²) in [6, 6.07) is 0.494. The molecule has 0 radical (unpaired) electrons. The van der Waals surface area contributed by atoms with Gasteiger partial charge in [-0.2, -0.15) is 0 Å². The highest BCUT2D eigenvalue weighted by Gasteiger charge is 2.23. The van der Waals surface area contributed by atoms with Gasteiger partial charge in [0.1, 0.15) is 5.84 Å². The molecule has 0 rings (SSSR count).